The van der Waals surface area contributed by atoms with Gasteiger partial charge < -0.3 is 25.0 Å². The molecule has 7 nitrogen and oxygen atoms in total. The molecule has 2 aliphatic heterocycles. The second-order valence-corrected chi connectivity index (χ2v) is 8.14. The summed E-state index contributed by atoms with van der Waals surface area (Å²) in [6.07, 6.45) is 4.47. The number of carbonyl (C=O) groups excluding carboxylic acids is 1. The van der Waals surface area contributed by atoms with E-state index in [0.29, 0.717) is 25.0 Å². The summed E-state index contributed by atoms with van der Waals surface area (Å²) in [5.74, 6) is 2.13. The number of rotatable bonds is 8. The first-order valence-corrected chi connectivity index (χ1v) is 11.3. The summed E-state index contributed by atoms with van der Waals surface area (Å²) >= 11 is 0. The van der Waals surface area contributed by atoms with E-state index in [9.17, 15) is 4.79 Å². The molecule has 2 aliphatic rings. The van der Waals surface area contributed by atoms with Crippen LogP contribution in [0.1, 0.15) is 43.7 Å². The Bertz CT molecular complexity index is 710. The number of likely N-dealkylation sites (tertiary alicyclic amines) is 1. The number of ether oxygens (including phenoxy) is 2. The van der Waals surface area contributed by atoms with Crippen LogP contribution in [0.2, 0.25) is 0 Å². The summed E-state index contributed by atoms with van der Waals surface area (Å²) in [7, 11) is 0. The van der Waals surface area contributed by atoms with Crippen LogP contribution in [0.3, 0.4) is 0 Å². The van der Waals surface area contributed by atoms with Gasteiger partial charge in [-0.15, -0.1) is 0 Å². The molecule has 3 rings (SSSR count). The number of nitrogens with one attached hydrogen (secondary N) is 2. The third kappa shape index (κ3) is 6.90. The number of hydrogen-bond donors (Lipinski definition) is 2. The first-order chi connectivity index (χ1) is 14.7. The van der Waals surface area contributed by atoms with Gasteiger partial charge in [-0.25, -0.2) is 4.99 Å². The summed E-state index contributed by atoms with van der Waals surface area (Å²) in [6.45, 7) is 9.59. The number of aliphatic imine (C=N–C) groups is 1. The molecule has 7 heteroatoms. The highest BCUT2D eigenvalue weighted by Gasteiger charge is 2.18. The van der Waals surface area contributed by atoms with Gasteiger partial charge in [0.25, 0.3) is 0 Å². The molecular formula is C23H36N4O3. The molecule has 2 fully saturated rings. The van der Waals surface area contributed by atoms with Gasteiger partial charge in [-0.1, -0.05) is 12.1 Å². The predicted molar refractivity (Wildman–Crippen MR) is 119 cm³/mol. The van der Waals surface area contributed by atoms with Crippen LogP contribution < -0.4 is 15.4 Å². The Balaban J connectivity index is 1.58. The Morgan fingerprint density at radius 2 is 2.10 bits per heavy atom. The molecule has 1 aromatic rings. The van der Waals surface area contributed by atoms with E-state index >= 15 is 0 Å². The number of guanidine groups is 1. The van der Waals surface area contributed by atoms with Crippen LogP contribution in [-0.2, 0) is 16.1 Å². The lowest BCUT2D eigenvalue weighted by molar-refractivity contribution is -0.130. The third-order valence-electron chi connectivity index (χ3n) is 5.59. The summed E-state index contributed by atoms with van der Waals surface area (Å²) in [4.78, 5) is 19.1. The minimum absolute atomic E-state index is 0.137. The topological polar surface area (TPSA) is 75.2 Å². The summed E-state index contributed by atoms with van der Waals surface area (Å²) in [6, 6.07) is 6.22. The number of amides is 1. The molecule has 1 aromatic carbocycles. The minimum atomic E-state index is 0.137. The second kappa shape index (κ2) is 11.8. The molecule has 0 bridgehead atoms. The van der Waals surface area contributed by atoms with E-state index in [4.69, 9.17) is 9.47 Å². The van der Waals surface area contributed by atoms with Crippen molar-refractivity contribution in [1.82, 2.24) is 15.5 Å². The average molecular weight is 417 g/mol. The fraction of sp³-hybridized carbons (Fsp3) is 0.652. The first kappa shape index (κ1) is 22.4. The minimum Gasteiger partial charge on any atom is -0.493 e. The smallest absolute Gasteiger partial charge is 0.241 e. The quantitative estimate of drug-likeness (QED) is 0.503. The number of piperidine rings is 1. The first-order valence-electron chi connectivity index (χ1n) is 11.3. The number of aryl methyl sites for hydroxylation is 1. The summed E-state index contributed by atoms with van der Waals surface area (Å²) < 4.78 is 11.6. The van der Waals surface area contributed by atoms with Gasteiger partial charge in [-0.2, -0.15) is 0 Å². The van der Waals surface area contributed by atoms with Gasteiger partial charge in [-0.3, -0.25) is 4.79 Å². The highest BCUT2D eigenvalue weighted by atomic mass is 16.5. The van der Waals surface area contributed by atoms with Crippen molar-refractivity contribution in [2.75, 3.05) is 46.0 Å². The average Bonchev–Trinajstić information content (AvgIpc) is 3.29. The van der Waals surface area contributed by atoms with Crippen molar-refractivity contribution < 1.29 is 14.3 Å². The molecule has 2 saturated heterocycles. The zero-order chi connectivity index (χ0) is 21.2. The van der Waals surface area contributed by atoms with Crippen molar-refractivity contribution >= 4 is 11.9 Å². The van der Waals surface area contributed by atoms with Crippen LogP contribution in [-0.4, -0.2) is 62.8 Å². The van der Waals surface area contributed by atoms with E-state index in [2.05, 4.69) is 40.7 Å². The zero-order valence-electron chi connectivity index (χ0n) is 18.4. The molecule has 2 heterocycles. The standard InChI is InChI=1S/C23H36N4O3/c1-3-24-23(26-15-22(28)27-10-5-4-6-11-27)25-14-20-8-7-18(2)13-21(20)30-17-19-9-12-29-16-19/h7-8,13,19H,3-6,9-12,14-17H2,1-2H3,(H2,24,25,26). The lowest BCUT2D eigenvalue weighted by Crippen LogP contribution is -2.46. The van der Waals surface area contributed by atoms with Crippen LogP contribution in [0.15, 0.2) is 23.2 Å². The summed E-state index contributed by atoms with van der Waals surface area (Å²) in [5.41, 5.74) is 2.21. The SMILES string of the molecule is CCNC(=NCc1ccc(C)cc1OCC1CCOC1)NCC(=O)N1CCCCC1. The Kier molecular flexibility index (Phi) is 8.81. The lowest BCUT2D eigenvalue weighted by Gasteiger charge is -2.27. The van der Waals surface area contributed by atoms with E-state index in [-0.39, 0.29) is 12.5 Å². The fourth-order valence-electron chi connectivity index (χ4n) is 3.77. The third-order valence-corrected chi connectivity index (χ3v) is 5.59. The molecule has 1 unspecified atom stereocenters. The predicted octanol–water partition coefficient (Wildman–Crippen LogP) is 2.48. The molecule has 30 heavy (non-hydrogen) atoms. The van der Waals surface area contributed by atoms with Gasteiger partial charge in [0.15, 0.2) is 5.96 Å². The number of carbonyl (C=O) groups is 1. The van der Waals surface area contributed by atoms with Gasteiger partial charge >= 0.3 is 0 Å². The van der Waals surface area contributed by atoms with Crippen molar-refractivity contribution in [1.29, 1.82) is 0 Å². The van der Waals surface area contributed by atoms with E-state index in [1.165, 1.54) is 6.42 Å². The number of nitrogens with zero attached hydrogens (tertiary/aromatic N) is 2. The number of hydrogen-bond acceptors (Lipinski definition) is 4. The van der Waals surface area contributed by atoms with Crippen molar-refractivity contribution in [3.63, 3.8) is 0 Å². The largest absolute Gasteiger partial charge is 0.493 e. The van der Waals surface area contributed by atoms with E-state index < -0.39 is 0 Å². The molecule has 1 atom stereocenters. The maximum Gasteiger partial charge on any atom is 0.241 e. The van der Waals surface area contributed by atoms with Crippen LogP contribution in [0, 0.1) is 12.8 Å². The van der Waals surface area contributed by atoms with Crippen LogP contribution in [0.4, 0.5) is 0 Å². The molecule has 2 N–H and O–H groups in total. The molecule has 0 aromatic heterocycles. The molecule has 166 valence electrons. The van der Waals surface area contributed by atoms with Crippen LogP contribution >= 0.6 is 0 Å². The van der Waals surface area contributed by atoms with Gasteiger partial charge in [0, 0.05) is 37.7 Å². The highest BCUT2D eigenvalue weighted by molar-refractivity contribution is 5.86. The maximum atomic E-state index is 12.4. The van der Waals surface area contributed by atoms with Crippen molar-refractivity contribution in [2.24, 2.45) is 10.9 Å². The molecule has 1 amide bonds. The monoisotopic (exact) mass is 416 g/mol. The second-order valence-electron chi connectivity index (χ2n) is 8.14. The van der Waals surface area contributed by atoms with Crippen molar-refractivity contribution in [2.45, 2.75) is 46.1 Å². The van der Waals surface area contributed by atoms with Crippen molar-refractivity contribution in [3.8, 4) is 5.75 Å². The molecule has 0 radical (unpaired) electrons. The van der Waals surface area contributed by atoms with Gasteiger partial charge in [-0.05, 0) is 51.2 Å². The molecule has 0 saturated carbocycles. The Morgan fingerprint density at radius 1 is 1.27 bits per heavy atom. The number of benzene rings is 1. The van der Waals surface area contributed by atoms with Gasteiger partial charge in [0.2, 0.25) is 5.91 Å². The molecular weight excluding hydrogens is 380 g/mol. The Morgan fingerprint density at radius 3 is 2.83 bits per heavy atom. The van der Waals surface area contributed by atoms with Crippen LogP contribution in [0.25, 0.3) is 0 Å². The zero-order valence-corrected chi connectivity index (χ0v) is 18.4. The van der Waals surface area contributed by atoms with E-state index in [0.717, 1.165) is 69.0 Å². The van der Waals surface area contributed by atoms with E-state index in [1.54, 1.807) is 0 Å². The molecule has 0 aliphatic carbocycles. The lowest BCUT2D eigenvalue weighted by atomic mass is 10.1. The van der Waals surface area contributed by atoms with Gasteiger partial charge in [0.1, 0.15) is 5.75 Å². The van der Waals surface area contributed by atoms with Gasteiger partial charge in [0.05, 0.1) is 26.3 Å². The Labute approximate surface area is 180 Å². The highest BCUT2D eigenvalue weighted by Crippen LogP contribution is 2.23. The van der Waals surface area contributed by atoms with Crippen molar-refractivity contribution in [3.05, 3.63) is 29.3 Å². The molecule has 0 spiro atoms. The van der Waals surface area contributed by atoms with E-state index in [1.807, 2.05) is 11.8 Å². The summed E-state index contributed by atoms with van der Waals surface area (Å²) in [5, 5.41) is 6.42. The normalized spacial score (nSPS) is 19.6. The fourth-order valence-corrected chi connectivity index (χ4v) is 3.77. The Hall–Kier alpha value is -2.28. The van der Waals surface area contributed by atoms with Crippen LogP contribution in [0.5, 0.6) is 5.75 Å². The maximum absolute atomic E-state index is 12.4.